The number of hydrogen-bond acceptors (Lipinski definition) is 5. The molecular formula is C23H25N3O4S. The van der Waals surface area contributed by atoms with Crippen molar-refractivity contribution in [2.24, 2.45) is 0 Å². The van der Waals surface area contributed by atoms with Crippen LogP contribution in [0.1, 0.15) is 24.0 Å². The van der Waals surface area contributed by atoms with Gasteiger partial charge in [-0.25, -0.2) is 8.42 Å². The minimum absolute atomic E-state index is 0.129. The summed E-state index contributed by atoms with van der Waals surface area (Å²) in [6.45, 7) is 4.14. The van der Waals surface area contributed by atoms with Crippen molar-refractivity contribution in [2.75, 3.05) is 39.3 Å². The summed E-state index contributed by atoms with van der Waals surface area (Å²) in [5, 5.41) is 2.40. The van der Waals surface area contributed by atoms with Gasteiger partial charge in [-0.3, -0.25) is 9.69 Å². The summed E-state index contributed by atoms with van der Waals surface area (Å²) in [4.78, 5) is 18.1. The molecule has 3 aromatic rings. The number of piperazine rings is 1. The fraction of sp³-hybridized carbons (Fsp3) is 0.435. The predicted molar refractivity (Wildman–Crippen MR) is 119 cm³/mol. The summed E-state index contributed by atoms with van der Waals surface area (Å²) in [7, 11) is -3.61. The summed E-state index contributed by atoms with van der Waals surface area (Å²) >= 11 is 0. The molecule has 2 aliphatic heterocycles. The van der Waals surface area contributed by atoms with Crippen LogP contribution in [0.25, 0.3) is 21.7 Å². The Labute approximate surface area is 180 Å². The first-order valence-corrected chi connectivity index (χ1v) is 12.4. The van der Waals surface area contributed by atoms with Gasteiger partial charge in [0.25, 0.3) is 5.56 Å². The summed E-state index contributed by atoms with van der Waals surface area (Å²) < 4.78 is 34.6. The van der Waals surface area contributed by atoms with Crippen molar-refractivity contribution in [3.63, 3.8) is 0 Å². The molecule has 1 N–H and O–H groups in total. The second-order valence-corrected chi connectivity index (χ2v) is 10.7. The highest BCUT2D eigenvalue weighted by Crippen LogP contribution is 2.39. The van der Waals surface area contributed by atoms with Gasteiger partial charge in [0.05, 0.1) is 11.0 Å². The molecule has 1 unspecified atom stereocenters. The minimum atomic E-state index is -3.61. The van der Waals surface area contributed by atoms with Gasteiger partial charge in [-0.05, 0) is 42.2 Å². The molecule has 8 heteroatoms. The van der Waals surface area contributed by atoms with E-state index < -0.39 is 10.0 Å². The number of hydrogen-bond donors (Lipinski definition) is 1. The zero-order chi connectivity index (χ0) is 21.2. The van der Waals surface area contributed by atoms with E-state index in [-0.39, 0.29) is 11.7 Å². The largest absolute Gasteiger partial charge is 0.377 e. The van der Waals surface area contributed by atoms with Gasteiger partial charge >= 0.3 is 0 Å². The standard InChI is InChI=1S/C23H25N3O4S/c27-23-17-5-1-3-15-13-18-20(7-6-19(24-23)22(18)21(15)17)31(28,29)26-10-8-25(9-11-26)14-16-4-2-12-30-16/h1,3,5-7,16H,2,4,8-14H2,(H,24,27). The third-order valence-electron chi connectivity index (χ3n) is 6.97. The molecular weight excluding hydrogens is 414 g/mol. The molecule has 0 amide bonds. The van der Waals surface area contributed by atoms with E-state index in [2.05, 4.69) is 9.88 Å². The Hall–Kier alpha value is -2.26. The molecule has 0 spiro atoms. The van der Waals surface area contributed by atoms with Crippen LogP contribution in [0.2, 0.25) is 0 Å². The van der Waals surface area contributed by atoms with Crippen LogP contribution in [-0.4, -0.2) is 68.0 Å². The van der Waals surface area contributed by atoms with E-state index in [9.17, 15) is 13.2 Å². The zero-order valence-electron chi connectivity index (χ0n) is 17.3. The van der Waals surface area contributed by atoms with Crippen LogP contribution in [0.15, 0.2) is 40.0 Å². The monoisotopic (exact) mass is 439 g/mol. The van der Waals surface area contributed by atoms with Gasteiger partial charge in [0.1, 0.15) is 0 Å². The van der Waals surface area contributed by atoms with Gasteiger partial charge < -0.3 is 9.72 Å². The number of nitrogens with zero attached hydrogens (tertiary/aromatic N) is 2. The number of ether oxygens (including phenoxy) is 1. The van der Waals surface area contributed by atoms with Gasteiger partial charge in [0.15, 0.2) is 0 Å². The number of pyridine rings is 1. The van der Waals surface area contributed by atoms with E-state index in [1.54, 1.807) is 22.5 Å². The first kappa shape index (κ1) is 19.4. The fourth-order valence-electron chi connectivity index (χ4n) is 5.42. The number of aromatic nitrogens is 1. The lowest BCUT2D eigenvalue weighted by atomic mass is 10.1. The van der Waals surface area contributed by atoms with E-state index in [0.29, 0.717) is 35.3 Å². The molecule has 7 nitrogen and oxygen atoms in total. The van der Waals surface area contributed by atoms with Crippen LogP contribution in [0.3, 0.4) is 0 Å². The number of aromatic amines is 1. The van der Waals surface area contributed by atoms with Crippen LogP contribution in [0.5, 0.6) is 0 Å². The Morgan fingerprint density at radius 1 is 1.06 bits per heavy atom. The Bertz CT molecular complexity index is 1350. The van der Waals surface area contributed by atoms with Crippen LogP contribution in [0.4, 0.5) is 0 Å². The lowest BCUT2D eigenvalue weighted by molar-refractivity contribution is 0.0617. The molecule has 31 heavy (non-hydrogen) atoms. The molecule has 6 rings (SSSR count). The van der Waals surface area contributed by atoms with Crippen molar-refractivity contribution in [3.8, 4) is 0 Å². The van der Waals surface area contributed by atoms with E-state index >= 15 is 0 Å². The average Bonchev–Trinajstić information content (AvgIpc) is 3.41. The molecule has 0 bridgehead atoms. The Morgan fingerprint density at radius 2 is 1.90 bits per heavy atom. The summed E-state index contributed by atoms with van der Waals surface area (Å²) in [5.41, 5.74) is 2.40. The van der Waals surface area contributed by atoms with Crippen molar-refractivity contribution in [3.05, 3.63) is 51.8 Å². The summed E-state index contributed by atoms with van der Waals surface area (Å²) in [5.74, 6) is 0. The summed E-state index contributed by atoms with van der Waals surface area (Å²) in [6, 6.07) is 9.07. The zero-order valence-corrected chi connectivity index (χ0v) is 18.1. The van der Waals surface area contributed by atoms with E-state index in [0.717, 1.165) is 61.0 Å². The maximum atomic E-state index is 13.6. The average molecular weight is 440 g/mol. The molecule has 1 aliphatic carbocycles. The quantitative estimate of drug-likeness (QED) is 0.492. The maximum Gasteiger partial charge on any atom is 0.256 e. The molecule has 1 atom stereocenters. The Balaban J connectivity index is 1.33. The third-order valence-corrected chi connectivity index (χ3v) is 8.95. The van der Waals surface area contributed by atoms with Crippen molar-refractivity contribution in [1.82, 2.24) is 14.2 Å². The number of nitrogens with one attached hydrogen (secondary N) is 1. The van der Waals surface area contributed by atoms with Crippen LogP contribution >= 0.6 is 0 Å². The molecule has 3 aliphatic rings. The van der Waals surface area contributed by atoms with Gasteiger partial charge in [-0.15, -0.1) is 0 Å². The molecule has 2 fully saturated rings. The molecule has 2 aromatic carbocycles. The van der Waals surface area contributed by atoms with Gasteiger partial charge in [0.2, 0.25) is 10.0 Å². The third kappa shape index (κ3) is 3.04. The first-order chi connectivity index (χ1) is 15.0. The smallest absolute Gasteiger partial charge is 0.256 e. The van der Waals surface area contributed by atoms with E-state index in [1.807, 2.05) is 12.1 Å². The highest BCUT2D eigenvalue weighted by Gasteiger charge is 2.33. The second-order valence-electron chi connectivity index (χ2n) is 8.78. The molecule has 0 radical (unpaired) electrons. The lowest BCUT2D eigenvalue weighted by Crippen LogP contribution is -2.50. The Kier molecular flexibility index (Phi) is 4.47. The van der Waals surface area contributed by atoms with Gasteiger partial charge in [0, 0.05) is 67.4 Å². The first-order valence-electron chi connectivity index (χ1n) is 11.0. The van der Waals surface area contributed by atoms with Crippen LogP contribution in [-0.2, 0) is 21.2 Å². The minimum Gasteiger partial charge on any atom is -0.377 e. The highest BCUT2D eigenvalue weighted by molar-refractivity contribution is 7.89. The number of sulfonamides is 1. The predicted octanol–water partition coefficient (Wildman–Crippen LogP) is 2.07. The highest BCUT2D eigenvalue weighted by atomic mass is 32.2. The summed E-state index contributed by atoms with van der Waals surface area (Å²) in [6.07, 6.45) is 3.03. The normalized spacial score (nSPS) is 22.3. The number of rotatable bonds is 4. The number of benzene rings is 2. The van der Waals surface area contributed by atoms with Gasteiger partial charge in [-0.2, -0.15) is 4.31 Å². The van der Waals surface area contributed by atoms with Gasteiger partial charge in [-0.1, -0.05) is 12.1 Å². The second kappa shape index (κ2) is 7.13. The molecule has 0 saturated carbocycles. The lowest BCUT2D eigenvalue weighted by Gasteiger charge is -2.35. The molecule has 162 valence electrons. The fourth-order valence-corrected chi connectivity index (χ4v) is 7.06. The van der Waals surface area contributed by atoms with E-state index in [4.69, 9.17) is 4.74 Å². The Morgan fingerprint density at radius 3 is 2.68 bits per heavy atom. The maximum absolute atomic E-state index is 13.6. The number of H-pyrrole nitrogens is 1. The van der Waals surface area contributed by atoms with Crippen LogP contribution in [0, 0.1) is 0 Å². The molecule has 2 saturated heterocycles. The molecule has 1 aromatic heterocycles. The van der Waals surface area contributed by atoms with Crippen molar-refractivity contribution in [2.45, 2.75) is 30.3 Å². The van der Waals surface area contributed by atoms with E-state index in [1.165, 1.54) is 0 Å². The molecule has 3 heterocycles. The SMILES string of the molecule is O=c1[nH]c2ccc(S(=O)(=O)N3CCN(CC4CCCO4)CC3)c3c2c2c(cccc12)C3. The van der Waals surface area contributed by atoms with Crippen molar-refractivity contribution < 1.29 is 13.2 Å². The topological polar surface area (TPSA) is 82.7 Å². The van der Waals surface area contributed by atoms with Crippen molar-refractivity contribution >= 4 is 31.7 Å². The van der Waals surface area contributed by atoms with Crippen molar-refractivity contribution in [1.29, 1.82) is 0 Å². The van der Waals surface area contributed by atoms with Crippen LogP contribution < -0.4 is 5.56 Å².